The zero-order valence-corrected chi connectivity index (χ0v) is 13.5. The van der Waals surface area contributed by atoms with Gasteiger partial charge in [0.15, 0.2) is 0 Å². The van der Waals surface area contributed by atoms with Crippen LogP contribution in [0.4, 0.5) is 0 Å². The Balaban J connectivity index is 2.61. The summed E-state index contributed by atoms with van der Waals surface area (Å²) in [5.74, 6) is -0.723. The molecule has 1 amide bonds. The quantitative estimate of drug-likeness (QED) is 0.756. The summed E-state index contributed by atoms with van der Waals surface area (Å²) in [5.41, 5.74) is 0.877. The SMILES string of the molecule is COC(=O)[C@@H](CC(=O)N(C)Cc1csc(C)n1)C(C)C. The second-order valence-electron chi connectivity index (χ2n) is 5.19. The van der Waals surface area contributed by atoms with Crippen molar-refractivity contribution in [3.63, 3.8) is 0 Å². The minimum absolute atomic E-state index is 0.0697. The third kappa shape index (κ3) is 4.59. The van der Waals surface area contributed by atoms with Gasteiger partial charge in [-0.05, 0) is 12.8 Å². The molecule has 0 spiro atoms. The predicted octanol–water partition coefficient (Wildman–Crippen LogP) is 2.25. The number of methoxy groups -OCH3 is 1. The first-order chi connectivity index (χ1) is 9.35. The zero-order chi connectivity index (χ0) is 15.3. The highest BCUT2D eigenvalue weighted by Gasteiger charge is 2.27. The lowest BCUT2D eigenvalue weighted by atomic mass is 9.92. The van der Waals surface area contributed by atoms with E-state index >= 15 is 0 Å². The molecule has 0 unspecified atom stereocenters. The topological polar surface area (TPSA) is 59.5 Å². The molecule has 5 nitrogen and oxygen atoms in total. The van der Waals surface area contributed by atoms with Gasteiger partial charge in [0, 0.05) is 18.8 Å². The number of rotatable bonds is 6. The van der Waals surface area contributed by atoms with Crippen LogP contribution in [0.2, 0.25) is 0 Å². The van der Waals surface area contributed by atoms with Crippen molar-refractivity contribution in [2.24, 2.45) is 11.8 Å². The molecule has 1 aromatic rings. The Bertz CT molecular complexity index is 471. The standard InChI is InChI=1S/C14H22N2O3S/c1-9(2)12(14(18)19-5)6-13(17)16(4)7-11-8-20-10(3)15-11/h8-9,12H,6-7H2,1-5H3/t12-/m0/s1. The molecule has 0 fully saturated rings. The Morgan fingerprint density at radius 1 is 1.45 bits per heavy atom. The lowest BCUT2D eigenvalue weighted by Crippen LogP contribution is -2.32. The van der Waals surface area contributed by atoms with Gasteiger partial charge < -0.3 is 9.64 Å². The van der Waals surface area contributed by atoms with Gasteiger partial charge in [0.1, 0.15) is 0 Å². The lowest BCUT2D eigenvalue weighted by molar-refractivity contribution is -0.150. The van der Waals surface area contributed by atoms with Crippen LogP contribution in [0.15, 0.2) is 5.38 Å². The second kappa shape index (κ2) is 7.38. The summed E-state index contributed by atoms with van der Waals surface area (Å²) in [6.45, 7) is 6.23. The first-order valence-electron chi connectivity index (χ1n) is 6.58. The van der Waals surface area contributed by atoms with E-state index in [4.69, 9.17) is 4.74 Å². The Kier molecular flexibility index (Phi) is 6.13. The van der Waals surface area contributed by atoms with Crippen molar-refractivity contribution in [2.45, 2.75) is 33.7 Å². The number of carbonyl (C=O) groups excluding carboxylic acids is 2. The number of aromatic nitrogens is 1. The first kappa shape index (κ1) is 16.6. The predicted molar refractivity (Wildman–Crippen MR) is 78.3 cm³/mol. The average molecular weight is 298 g/mol. The van der Waals surface area contributed by atoms with E-state index in [0.717, 1.165) is 10.7 Å². The normalized spacial score (nSPS) is 12.3. The molecule has 1 heterocycles. The third-order valence-electron chi connectivity index (χ3n) is 3.19. The fraction of sp³-hybridized carbons (Fsp3) is 0.643. The number of thiazole rings is 1. The highest BCUT2D eigenvalue weighted by Crippen LogP contribution is 2.19. The van der Waals surface area contributed by atoms with Crippen LogP contribution in [0.25, 0.3) is 0 Å². The van der Waals surface area contributed by atoms with Crippen molar-refractivity contribution >= 4 is 23.2 Å². The lowest BCUT2D eigenvalue weighted by Gasteiger charge is -2.21. The molecular formula is C14H22N2O3S. The van der Waals surface area contributed by atoms with Crippen LogP contribution in [0.3, 0.4) is 0 Å². The number of ether oxygens (including phenoxy) is 1. The molecule has 1 atom stereocenters. The third-order valence-corrected chi connectivity index (χ3v) is 4.02. The van der Waals surface area contributed by atoms with Crippen LogP contribution >= 0.6 is 11.3 Å². The first-order valence-corrected chi connectivity index (χ1v) is 7.46. The van der Waals surface area contributed by atoms with Crippen molar-refractivity contribution in [1.29, 1.82) is 0 Å². The maximum absolute atomic E-state index is 12.2. The molecule has 0 saturated carbocycles. The smallest absolute Gasteiger partial charge is 0.309 e. The maximum Gasteiger partial charge on any atom is 0.309 e. The monoisotopic (exact) mass is 298 g/mol. The van der Waals surface area contributed by atoms with E-state index in [9.17, 15) is 9.59 Å². The summed E-state index contributed by atoms with van der Waals surface area (Å²) < 4.78 is 4.76. The highest BCUT2D eigenvalue weighted by atomic mass is 32.1. The van der Waals surface area contributed by atoms with Gasteiger partial charge in [-0.3, -0.25) is 9.59 Å². The second-order valence-corrected chi connectivity index (χ2v) is 6.25. The van der Waals surface area contributed by atoms with E-state index in [0.29, 0.717) is 6.54 Å². The van der Waals surface area contributed by atoms with E-state index < -0.39 is 5.92 Å². The molecular weight excluding hydrogens is 276 g/mol. The van der Waals surface area contributed by atoms with Gasteiger partial charge in [-0.1, -0.05) is 13.8 Å². The molecule has 0 radical (unpaired) electrons. The van der Waals surface area contributed by atoms with Gasteiger partial charge in [0.05, 0.1) is 30.3 Å². The fourth-order valence-electron chi connectivity index (χ4n) is 1.90. The number of esters is 1. The number of carbonyl (C=O) groups is 2. The minimum atomic E-state index is -0.396. The van der Waals surface area contributed by atoms with Crippen LogP contribution in [-0.2, 0) is 20.9 Å². The summed E-state index contributed by atoms with van der Waals surface area (Å²) in [6, 6.07) is 0. The Labute approximate surface area is 124 Å². The molecule has 0 aliphatic rings. The molecule has 1 aromatic heterocycles. The number of nitrogens with zero attached hydrogens (tertiary/aromatic N) is 2. The van der Waals surface area contributed by atoms with E-state index in [1.165, 1.54) is 7.11 Å². The molecule has 20 heavy (non-hydrogen) atoms. The summed E-state index contributed by atoms with van der Waals surface area (Å²) in [7, 11) is 3.08. The van der Waals surface area contributed by atoms with Crippen LogP contribution in [-0.4, -0.2) is 35.9 Å². The molecule has 112 valence electrons. The largest absolute Gasteiger partial charge is 0.469 e. The fourth-order valence-corrected chi connectivity index (χ4v) is 2.50. The van der Waals surface area contributed by atoms with Crippen molar-refractivity contribution in [3.8, 4) is 0 Å². The van der Waals surface area contributed by atoms with E-state index in [-0.39, 0.29) is 24.2 Å². The zero-order valence-electron chi connectivity index (χ0n) is 12.7. The molecule has 0 N–H and O–H groups in total. The van der Waals surface area contributed by atoms with Crippen LogP contribution in [0.1, 0.15) is 31.0 Å². The molecule has 6 heteroatoms. The van der Waals surface area contributed by atoms with Gasteiger partial charge in [0.25, 0.3) is 0 Å². The molecule has 1 rings (SSSR count). The average Bonchev–Trinajstić information content (AvgIpc) is 2.79. The van der Waals surface area contributed by atoms with Gasteiger partial charge >= 0.3 is 5.97 Å². The van der Waals surface area contributed by atoms with Crippen molar-refractivity contribution in [2.75, 3.05) is 14.2 Å². The van der Waals surface area contributed by atoms with Crippen molar-refractivity contribution in [1.82, 2.24) is 9.88 Å². The maximum atomic E-state index is 12.2. The summed E-state index contributed by atoms with van der Waals surface area (Å²) in [5, 5.41) is 2.93. The molecule has 0 aliphatic carbocycles. The summed E-state index contributed by atoms with van der Waals surface area (Å²) >= 11 is 1.56. The highest BCUT2D eigenvalue weighted by molar-refractivity contribution is 7.09. The Hall–Kier alpha value is -1.43. The van der Waals surface area contributed by atoms with Crippen LogP contribution < -0.4 is 0 Å². The van der Waals surface area contributed by atoms with Gasteiger partial charge in [-0.15, -0.1) is 11.3 Å². The van der Waals surface area contributed by atoms with E-state index in [1.54, 1.807) is 23.3 Å². The summed E-state index contributed by atoms with van der Waals surface area (Å²) in [6.07, 6.45) is 0.171. The Morgan fingerprint density at radius 3 is 2.55 bits per heavy atom. The molecule has 0 aromatic carbocycles. The number of aryl methyl sites for hydroxylation is 1. The van der Waals surface area contributed by atoms with Crippen molar-refractivity contribution in [3.05, 3.63) is 16.1 Å². The van der Waals surface area contributed by atoms with Crippen LogP contribution in [0.5, 0.6) is 0 Å². The van der Waals surface area contributed by atoms with E-state index in [1.807, 2.05) is 26.2 Å². The Morgan fingerprint density at radius 2 is 2.10 bits per heavy atom. The van der Waals surface area contributed by atoms with E-state index in [2.05, 4.69) is 4.98 Å². The molecule has 0 saturated heterocycles. The van der Waals surface area contributed by atoms with Gasteiger partial charge in [-0.2, -0.15) is 0 Å². The number of hydrogen-bond donors (Lipinski definition) is 0. The molecule has 0 bridgehead atoms. The number of hydrogen-bond acceptors (Lipinski definition) is 5. The van der Waals surface area contributed by atoms with Gasteiger partial charge in [-0.25, -0.2) is 4.98 Å². The molecule has 0 aliphatic heterocycles. The summed E-state index contributed by atoms with van der Waals surface area (Å²) in [4.78, 5) is 29.8. The van der Waals surface area contributed by atoms with Crippen molar-refractivity contribution < 1.29 is 14.3 Å². The minimum Gasteiger partial charge on any atom is -0.469 e. The number of amides is 1. The van der Waals surface area contributed by atoms with Gasteiger partial charge in [0.2, 0.25) is 5.91 Å². The van der Waals surface area contributed by atoms with Crippen LogP contribution in [0, 0.1) is 18.8 Å².